The van der Waals surface area contributed by atoms with Crippen LogP contribution in [0.1, 0.15) is 19.3 Å². The lowest BCUT2D eigenvalue weighted by atomic mass is 9.95. The van der Waals surface area contributed by atoms with Crippen LogP contribution in [-0.4, -0.2) is 11.2 Å². The molecule has 0 spiro atoms. The molecule has 0 aromatic carbocycles. The predicted octanol–water partition coefficient (Wildman–Crippen LogP) is 2.08. The van der Waals surface area contributed by atoms with Crippen LogP contribution in [0.3, 0.4) is 0 Å². The van der Waals surface area contributed by atoms with Gasteiger partial charge in [0.25, 0.3) is 0 Å². The van der Waals surface area contributed by atoms with Crippen molar-refractivity contribution in [3.8, 4) is 6.07 Å². The Morgan fingerprint density at radius 2 is 2.27 bits per heavy atom. The van der Waals surface area contributed by atoms with Gasteiger partial charge in [-0.25, -0.2) is 4.79 Å². The molecule has 2 aliphatic rings. The lowest BCUT2D eigenvalue weighted by molar-refractivity contribution is 0.197. The number of carbonyl (C=O) groups is 1. The molecule has 4 heteroatoms. The summed E-state index contributed by atoms with van der Waals surface area (Å²) >= 11 is 0. The summed E-state index contributed by atoms with van der Waals surface area (Å²) in [4.78, 5) is 10.5. The molecule has 2 aliphatic carbocycles. The second kappa shape index (κ2) is 3.62. The highest BCUT2D eigenvalue weighted by molar-refractivity contribution is 5.69. The molecule has 0 aromatic heterocycles. The normalized spacial score (nSPS) is 18.9. The third kappa shape index (κ3) is 1.64. The van der Waals surface area contributed by atoms with Crippen molar-refractivity contribution in [2.24, 2.45) is 0 Å². The summed E-state index contributed by atoms with van der Waals surface area (Å²) in [5.41, 5.74) is 3.40. The van der Waals surface area contributed by atoms with E-state index >= 15 is 0 Å². The number of nitrogens with zero attached hydrogens (tertiary/aromatic N) is 1. The maximum Gasteiger partial charge on any atom is 0.408 e. The Hall–Kier alpha value is -2.02. The Labute approximate surface area is 87.2 Å². The molecule has 0 fully saturated rings. The minimum Gasteiger partial charge on any atom is -0.465 e. The Kier molecular flexibility index (Phi) is 2.30. The van der Waals surface area contributed by atoms with Gasteiger partial charge in [-0.3, -0.25) is 5.32 Å². The van der Waals surface area contributed by atoms with Gasteiger partial charge in [-0.2, -0.15) is 5.26 Å². The van der Waals surface area contributed by atoms with Crippen molar-refractivity contribution < 1.29 is 9.90 Å². The minimum absolute atomic E-state index is 0.665. The fourth-order valence-electron chi connectivity index (χ4n) is 2.04. The quantitative estimate of drug-likeness (QED) is 0.683. The molecule has 0 saturated heterocycles. The van der Waals surface area contributed by atoms with Gasteiger partial charge in [-0.05, 0) is 36.5 Å². The fourth-order valence-corrected chi connectivity index (χ4v) is 2.04. The van der Waals surface area contributed by atoms with E-state index in [-0.39, 0.29) is 0 Å². The van der Waals surface area contributed by atoms with Gasteiger partial charge in [0.2, 0.25) is 0 Å². The Balaban J connectivity index is 2.38. The molecule has 2 rings (SSSR count). The van der Waals surface area contributed by atoms with Crippen molar-refractivity contribution in [1.82, 2.24) is 5.32 Å². The summed E-state index contributed by atoms with van der Waals surface area (Å²) < 4.78 is 0. The van der Waals surface area contributed by atoms with Gasteiger partial charge in [0.05, 0.1) is 11.6 Å². The van der Waals surface area contributed by atoms with E-state index in [1.165, 1.54) is 0 Å². The van der Waals surface area contributed by atoms with Gasteiger partial charge < -0.3 is 5.11 Å². The molecule has 0 bridgehead atoms. The topological polar surface area (TPSA) is 73.1 Å². The van der Waals surface area contributed by atoms with E-state index < -0.39 is 6.09 Å². The number of amides is 1. The van der Waals surface area contributed by atoms with Gasteiger partial charge in [0.15, 0.2) is 0 Å². The summed E-state index contributed by atoms with van der Waals surface area (Å²) in [6, 6.07) is 2.13. The van der Waals surface area contributed by atoms with Crippen molar-refractivity contribution in [3.63, 3.8) is 0 Å². The van der Waals surface area contributed by atoms with Crippen LogP contribution in [-0.2, 0) is 0 Å². The lowest BCUT2D eigenvalue weighted by Crippen LogP contribution is -2.20. The van der Waals surface area contributed by atoms with Crippen LogP contribution in [0.5, 0.6) is 0 Å². The number of fused-ring (bicyclic) bond motifs is 1. The molecule has 0 atom stereocenters. The lowest BCUT2D eigenvalue weighted by Gasteiger charge is -2.10. The van der Waals surface area contributed by atoms with Crippen molar-refractivity contribution in [2.75, 3.05) is 0 Å². The molecular weight excluding hydrogens is 192 g/mol. The number of allylic oxidation sites excluding steroid dienone is 6. The van der Waals surface area contributed by atoms with Crippen molar-refractivity contribution >= 4 is 6.09 Å². The first kappa shape index (κ1) is 9.53. The first-order valence-electron chi connectivity index (χ1n) is 4.74. The summed E-state index contributed by atoms with van der Waals surface area (Å²) in [7, 11) is 0. The smallest absolute Gasteiger partial charge is 0.408 e. The van der Waals surface area contributed by atoms with Crippen LogP contribution in [0.15, 0.2) is 34.6 Å². The zero-order valence-corrected chi connectivity index (χ0v) is 8.08. The average Bonchev–Trinajstić information content (AvgIpc) is 2.61. The van der Waals surface area contributed by atoms with Crippen LogP contribution in [0.2, 0.25) is 0 Å². The highest BCUT2D eigenvalue weighted by Gasteiger charge is 2.24. The highest BCUT2D eigenvalue weighted by Crippen LogP contribution is 2.37. The maximum absolute atomic E-state index is 10.5. The zero-order chi connectivity index (χ0) is 10.8. The number of hydrogen-bond acceptors (Lipinski definition) is 2. The van der Waals surface area contributed by atoms with Crippen LogP contribution in [0, 0.1) is 11.3 Å². The van der Waals surface area contributed by atoms with Crippen LogP contribution in [0.4, 0.5) is 4.79 Å². The molecule has 15 heavy (non-hydrogen) atoms. The molecule has 2 N–H and O–H groups in total. The standard InChI is InChI=1S/C11H10N2O2/c12-6-7-2-1-3-9-8(7)4-5-10(9)13-11(14)15/h1-2,13H,3-5H2,(H,14,15). The van der Waals surface area contributed by atoms with Crippen LogP contribution < -0.4 is 5.32 Å². The number of carboxylic acid groups (broad SMARTS) is 1. The molecule has 0 heterocycles. The molecule has 0 radical (unpaired) electrons. The summed E-state index contributed by atoms with van der Waals surface area (Å²) in [6.07, 6.45) is 4.83. The predicted molar refractivity (Wildman–Crippen MR) is 53.8 cm³/mol. The van der Waals surface area contributed by atoms with E-state index in [0.29, 0.717) is 12.0 Å². The largest absolute Gasteiger partial charge is 0.465 e. The second-order valence-electron chi connectivity index (χ2n) is 3.50. The number of rotatable bonds is 1. The number of nitriles is 1. The maximum atomic E-state index is 10.5. The van der Waals surface area contributed by atoms with E-state index in [4.69, 9.17) is 10.4 Å². The molecule has 0 saturated carbocycles. The van der Waals surface area contributed by atoms with E-state index in [0.717, 1.165) is 29.7 Å². The van der Waals surface area contributed by atoms with Crippen LogP contribution in [0.25, 0.3) is 0 Å². The monoisotopic (exact) mass is 202 g/mol. The number of hydrogen-bond donors (Lipinski definition) is 2. The Bertz CT molecular complexity index is 450. The first-order valence-corrected chi connectivity index (χ1v) is 4.74. The van der Waals surface area contributed by atoms with Gasteiger partial charge in [0, 0.05) is 5.70 Å². The first-order chi connectivity index (χ1) is 7.22. The highest BCUT2D eigenvalue weighted by atomic mass is 16.4. The Morgan fingerprint density at radius 3 is 2.93 bits per heavy atom. The van der Waals surface area contributed by atoms with Gasteiger partial charge >= 0.3 is 6.09 Å². The molecule has 4 nitrogen and oxygen atoms in total. The van der Waals surface area contributed by atoms with E-state index in [2.05, 4.69) is 11.4 Å². The van der Waals surface area contributed by atoms with Gasteiger partial charge in [-0.1, -0.05) is 6.08 Å². The molecule has 0 aliphatic heterocycles. The van der Waals surface area contributed by atoms with E-state index in [1.54, 1.807) is 0 Å². The third-order valence-electron chi connectivity index (χ3n) is 2.66. The fraction of sp³-hybridized carbons (Fsp3) is 0.273. The van der Waals surface area contributed by atoms with E-state index in [9.17, 15) is 4.79 Å². The molecule has 0 aromatic rings. The average molecular weight is 202 g/mol. The van der Waals surface area contributed by atoms with E-state index in [1.807, 2.05) is 12.2 Å². The SMILES string of the molecule is N#CC1=C2CCC(NC(=O)O)=C2CC=C1. The van der Waals surface area contributed by atoms with Gasteiger partial charge in [-0.15, -0.1) is 0 Å². The van der Waals surface area contributed by atoms with Gasteiger partial charge in [0.1, 0.15) is 0 Å². The van der Waals surface area contributed by atoms with Crippen molar-refractivity contribution in [3.05, 3.63) is 34.6 Å². The molecular formula is C11H10N2O2. The molecule has 0 unspecified atom stereocenters. The molecule has 76 valence electrons. The summed E-state index contributed by atoms with van der Waals surface area (Å²) in [5, 5.41) is 19.9. The zero-order valence-electron chi connectivity index (χ0n) is 8.08. The second-order valence-corrected chi connectivity index (χ2v) is 3.50. The summed E-state index contributed by atoms with van der Waals surface area (Å²) in [6.45, 7) is 0. The minimum atomic E-state index is -1.04. The van der Waals surface area contributed by atoms with Crippen LogP contribution >= 0.6 is 0 Å². The third-order valence-corrected chi connectivity index (χ3v) is 2.66. The number of nitrogens with one attached hydrogen (secondary N) is 1. The Morgan fingerprint density at radius 1 is 1.47 bits per heavy atom. The van der Waals surface area contributed by atoms with Crippen molar-refractivity contribution in [2.45, 2.75) is 19.3 Å². The summed E-state index contributed by atoms with van der Waals surface area (Å²) in [5.74, 6) is 0. The van der Waals surface area contributed by atoms with Crippen molar-refractivity contribution in [1.29, 1.82) is 5.26 Å². The molecule has 1 amide bonds.